The topological polar surface area (TPSA) is 59.0 Å². The first-order chi connectivity index (χ1) is 9.99. The lowest BCUT2D eigenvalue weighted by Crippen LogP contribution is -2.46. The van der Waals surface area contributed by atoms with E-state index < -0.39 is 12.2 Å². The molecule has 21 heavy (non-hydrogen) atoms. The molecule has 1 aliphatic rings. The third kappa shape index (κ3) is 4.09. The maximum atomic E-state index is 12.3. The quantitative estimate of drug-likeness (QED) is 0.924. The number of ether oxygens (including phenoxy) is 2. The van der Waals surface area contributed by atoms with Crippen molar-refractivity contribution in [3.63, 3.8) is 0 Å². The Kier molecular flexibility index (Phi) is 5.45. The zero-order valence-corrected chi connectivity index (χ0v) is 13.0. The van der Waals surface area contributed by atoms with Crippen molar-refractivity contribution in [2.24, 2.45) is 0 Å². The number of aliphatic hydroxyl groups is 1. The van der Waals surface area contributed by atoms with E-state index in [0.29, 0.717) is 42.6 Å². The fourth-order valence-corrected chi connectivity index (χ4v) is 2.42. The van der Waals surface area contributed by atoms with Gasteiger partial charge in [0.05, 0.1) is 19.3 Å². The van der Waals surface area contributed by atoms with Crippen molar-refractivity contribution in [3.05, 3.63) is 28.8 Å². The lowest BCUT2D eigenvalue weighted by molar-refractivity contribution is -0.142. The third-order valence-electron chi connectivity index (χ3n) is 3.40. The van der Waals surface area contributed by atoms with Gasteiger partial charge in [0, 0.05) is 23.7 Å². The van der Waals surface area contributed by atoms with Crippen molar-refractivity contribution in [2.45, 2.75) is 26.1 Å². The molecule has 1 aliphatic heterocycles. The van der Waals surface area contributed by atoms with Crippen LogP contribution in [-0.4, -0.2) is 48.3 Å². The Morgan fingerprint density at radius 3 is 2.67 bits per heavy atom. The second kappa shape index (κ2) is 7.11. The largest absolute Gasteiger partial charge is 0.481 e. The minimum absolute atomic E-state index is 0.0789. The van der Waals surface area contributed by atoms with E-state index in [0.717, 1.165) is 0 Å². The molecular formula is C15H20ClNO4. The van der Waals surface area contributed by atoms with E-state index in [-0.39, 0.29) is 5.91 Å². The van der Waals surface area contributed by atoms with Crippen LogP contribution < -0.4 is 4.74 Å². The first-order valence-electron chi connectivity index (χ1n) is 6.99. The molecule has 1 amide bonds. The summed E-state index contributed by atoms with van der Waals surface area (Å²) in [5.74, 6) is 0.397. The second-order valence-corrected chi connectivity index (χ2v) is 5.49. The van der Waals surface area contributed by atoms with Gasteiger partial charge in [-0.15, -0.1) is 0 Å². The monoisotopic (exact) mass is 313 g/mol. The van der Waals surface area contributed by atoms with Gasteiger partial charge in [0.2, 0.25) is 0 Å². The minimum Gasteiger partial charge on any atom is -0.481 e. The predicted octanol–water partition coefficient (Wildman–Crippen LogP) is 2.02. The van der Waals surface area contributed by atoms with E-state index in [2.05, 4.69) is 0 Å². The van der Waals surface area contributed by atoms with E-state index in [1.165, 1.54) is 0 Å². The summed E-state index contributed by atoms with van der Waals surface area (Å²) in [4.78, 5) is 14.0. The summed E-state index contributed by atoms with van der Waals surface area (Å²) in [6.07, 6.45) is -1.34. The van der Waals surface area contributed by atoms with Crippen LogP contribution in [0.25, 0.3) is 0 Å². The molecule has 0 bridgehead atoms. The molecule has 1 heterocycles. The molecule has 116 valence electrons. The zero-order chi connectivity index (χ0) is 15.4. The highest BCUT2D eigenvalue weighted by Gasteiger charge is 2.24. The molecule has 0 aliphatic carbocycles. The summed E-state index contributed by atoms with van der Waals surface area (Å²) in [7, 11) is 0. The number of halogens is 1. The molecule has 1 fully saturated rings. The number of carbonyl (C=O) groups is 1. The summed E-state index contributed by atoms with van der Waals surface area (Å²) < 4.78 is 11.0. The molecule has 5 nitrogen and oxygen atoms in total. The fourth-order valence-electron chi connectivity index (χ4n) is 2.23. The Bertz CT molecular complexity index is 500. The van der Waals surface area contributed by atoms with E-state index in [9.17, 15) is 9.90 Å². The average Bonchev–Trinajstić information content (AvgIpc) is 2.49. The van der Waals surface area contributed by atoms with Crippen LogP contribution in [0.4, 0.5) is 0 Å². The molecule has 0 radical (unpaired) electrons. The molecule has 1 N–H and O–H groups in total. The van der Waals surface area contributed by atoms with Gasteiger partial charge in [-0.3, -0.25) is 4.79 Å². The van der Waals surface area contributed by atoms with Crippen LogP contribution in [0.5, 0.6) is 5.75 Å². The van der Waals surface area contributed by atoms with Gasteiger partial charge in [0.1, 0.15) is 5.75 Å². The normalized spacial score (nSPS) is 18.2. The molecule has 6 heteroatoms. The maximum absolute atomic E-state index is 12.3. The van der Waals surface area contributed by atoms with Crippen LogP contribution in [0, 0.1) is 0 Å². The lowest BCUT2D eigenvalue weighted by Gasteiger charge is -2.29. The Morgan fingerprint density at radius 1 is 1.38 bits per heavy atom. The molecule has 0 spiro atoms. The van der Waals surface area contributed by atoms with Crippen LogP contribution in [0.2, 0.25) is 5.02 Å². The van der Waals surface area contributed by atoms with E-state index >= 15 is 0 Å². The van der Waals surface area contributed by atoms with Crippen molar-refractivity contribution in [2.75, 3.05) is 26.3 Å². The van der Waals surface area contributed by atoms with Gasteiger partial charge < -0.3 is 19.5 Å². The van der Waals surface area contributed by atoms with Crippen LogP contribution in [0.15, 0.2) is 18.2 Å². The Labute approximate surface area is 129 Å². The number of morpholine rings is 1. The van der Waals surface area contributed by atoms with Crippen LogP contribution in [0.3, 0.4) is 0 Å². The smallest absolute Gasteiger partial charge is 0.263 e. The number of hydrogen-bond acceptors (Lipinski definition) is 4. The summed E-state index contributed by atoms with van der Waals surface area (Å²) in [5, 5.41) is 10.3. The van der Waals surface area contributed by atoms with E-state index in [1.807, 2.05) is 0 Å². The molecule has 1 saturated heterocycles. The standard InChI is InChI=1S/C15H20ClNO4/c1-10(18)13-9-12(16)3-4-14(13)21-11(2)15(19)17-5-7-20-8-6-17/h3-4,9-11,18H,5-8H2,1-2H3. The number of rotatable bonds is 4. The van der Waals surface area contributed by atoms with E-state index in [1.54, 1.807) is 36.9 Å². The molecular weight excluding hydrogens is 294 g/mol. The molecule has 1 aromatic rings. The summed E-state index contributed by atoms with van der Waals surface area (Å²) in [6.45, 7) is 5.61. The van der Waals surface area contributed by atoms with Gasteiger partial charge in [0.25, 0.3) is 5.91 Å². The van der Waals surface area contributed by atoms with Crippen molar-refractivity contribution >= 4 is 17.5 Å². The van der Waals surface area contributed by atoms with E-state index in [4.69, 9.17) is 21.1 Å². The molecule has 0 saturated carbocycles. The molecule has 2 unspecified atom stereocenters. The summed E-state index contributed by atoms with van der Waals surface area (Å²) in [6, 6.07) is 5.00. The highest BCUT2D eigenvalue weighted by Crippen LogP contribution is 2.29. The van der Waals surface area contributed by atoms with Gasteiger partial charge >= 0.3 is 0 Å². The molecule has 2 rings (SSSR count). The van der Waals surface area contributed by atoms with Gasteiger partial charge in [0.15, 0.2) is 6.10 Å². The van der Waals surface area contributed by atoms with Crippen LogP contribution in [-0.2, 0) is 9.53 Å². The van der Waals surface area contributed by atoms with Crippen molar-refractivity contribution in [1.29, 1.82) is 0 Å². The highest BCUT2D eigenvalue weighted by atomic mass is 35.5. The highest BCUT2D eigenvalue weighted by molar-refractivity contribution is 6.30. The molecule has 1 aromatic carbocycles. The van der Waals surface area contributed by atoms with Crippen molar-refractivity contribution < 1.29 is 19.4 Å². The van der Waals surface area contributed by atoms with Gasteiger partial charge in [-0.2, -0.15) is 0 Å². The van der Waals surface area contributed by atoms with Crippen LogP contribution >= 0.6 is 11.6 Å². The number of nitrogens with zero attached hydrogens (tertiary/aromatic N) is 1. The van der Waals surface area contributed by atoms with Gasteiger partial charge in [-0.1, -0.05) is 11.6 Å². The third-order valence-corrected chi connectivity index (χ3v) is 3.63. The van der Waals surface area contributed by atoms with Crippen molar-refractivity contribution in [3.8, 4) is 5.75 Å². The number of hydrogen-bond donors (Lipinski definition) is 1. The first kappa shape index (κ1) is 16.1. The Hall–Kier alpha value is -1.30. The Morgan fingerprint density at radius 2 is 2.05 bits per heavy atom. The predicted molar refractivity (Wildman–Crippen MR) is 79.6 cm³/mol. The number of aliphatic hydroxyl groups excluding tert-OH is 1. The zero-order valence-electron chi connectivity index (χ0n) is 12.2. The second-order valence-electron chi connectivity index (χ2n) is 5.06. The summed E-state index contributed by atoms with van der Waals surface area (Å²) in [5.41, 5.74) is 0.573. The maximum Gasteiger partial charge on any atom is 0.263 e. The minimum atomic E-state index is -0.718. The van der Waals surface area contributed by atoms with Gasteiger partial charge in [-0.05, 0) is 32.0 Å². The van der Waals surface area contributed by atoms with Gasteiger partial charge in [-0.25, -0.2) is 0 Å². The lowest BCUT2D eigenvalue weighted by atomic mass is 10.1. The fraction of sp³-hybridized carbons (Fsp3) is 0.533. The summed E-state index contributed by atoms with van der Waals surface area (Å²) >= 11 is 5.93. The molecule has 2 atom stereocenters. The average molecular weight is 314 g/mol. The number of amides is 1. The SMILES string of the molecule is CC(Oc1ccc(Cl)cc1C(C)O)C(=O)N1CCOCC1. The number of carbonyl (C=O) groups excluding carboxylic acids is 1. The molecule has 0 aromatic heterocycles. The number of benzene rings is 1. The van der Waals surface area contributed by atoms with Crippen LogP contribution in [0.1, 0.15) is 25.5 Å². The van der Waals surface area contributed by atoms with Crippen molar-refractivity contribution in [1.82, 2.24) is 4.90 Å². The Balaban J connectivity index is 2.08. The first-order valence-corrected chi connectivity index (χ1v) is 7.37.